The molecule has 0 aliphatic carbocycles. The molecule has 0 bridgehead atoms. The Morgan fingerprint density at radius 2 is 2.11 bits per heavy atom. The van der Waals surface area contributed by atoms with Crippen molar-refractivity contribution in [3.8, 4) is 0 Å². The van der Waals surface area contributed by atoms with Crippen LogP contribution in [0.4, 0.5) is 0 Å². The second kappa shape index (κ2) is 5.16. The van der Waals surface area contributed by atoms with Crippen molar-refractivity contribution in [2.75, 3.05) is 7.05 Å². The van der Waals surface area contributed by atoms with Crippen molar-refractivity contribution >= 4 is 9.39 Å². The molecule has 56 valence electrons. The summed E-state index contributed by atoms with van der Waals surface area (Å²) in [4.78, 5) is 0. The normalized spacial score (nSPS) is 17.3. The Labute approximate surface area is 60.0 Å². The van der Waals surface area contributed by atoms with Crippen molar-refractivity contribution in [1.29, 1.82) is 0 Å². The van der Waals surface area contributed by atoms with E-state index >= 15 is 0 Å². The maximum absolute atomic E-state index is 3.23. The first-order chi connectivity index (χ1) is 4.26. The number of hydrogen-bond acceptors (Lipinski definition) is 2. The zero-order valence-electron chi connectivity index (χ0n) is 6.44. The minimum Gasteiger partial charge on any atom is -0.315 e. The van der Waals surface area contributed by atoms with E-state index in [9.17, 15) is 0 Å². The molecule has 0 rings (SSSR count). The molecule has 3 atom stereocenters. The number of hydrogen-bond donors (Lipinski definition) is 2. The minimum absolute atomic E-state index is 0.532. The third kappa shape index (κ3) is 3.14. The van der Waals surface area contributed by atoms with Crippen LogP contribution in [0, 0.1) is 0 Å². The van der Waals surface area contributed by atoms with Crippen LogP contribution in [0.2, 0.25) is 0 Å². The molecule has 0 spiro atoms. The Kier molecular flexibility index (Phi) is 5.36. The fourth-order valence-electron chi connectivity index (χ4n) is 0.924. The molecule has 3 heteroatoms. The van der Waals surface area contributed by atoms with Crippen LogP contribution in [0.3, 0.4) is 0 Å². The van der Waals surface area contributed by atoms with Crippen molar-refractivity contribution in [2.24, 2.45) is 0 Å². The first-order valence-corrected chi connectivity index (χ1v) is 3.97. The van der Waals surface area contributed by atoms with Crippen LogP contribution in [0.5, 0.6) is 0 Å². The van der Waals surface area contributed by atoms with Gasteiger partial charge >= 0.3 is 0 Å². The van der Waals surface area contributed by atoms with Gasteiger partial charge in [0.15, 0.2) is 0 Å². The molecule has 9 heavy (non-hydrogen) atoms. The third-order valence-electron chi connectivity index (χ3n) is 1.68. The first-order valence-electron chi connectivity index (χ1n) is 3.39. The predicted octanol–water partition coefficient (Wildman–Crippen LogP) is 0.753. The van der Waals surface area contributed by atoms with Crippen LogP contribution in [0.25, 0.3) is 0 Å². The van der Waals surface area contributed by atoms with Gasteiger partial charge < -0.3 is 5.32 Å². The molecule has 0 heterocycles. The Hall–Kier alpha value is 0.350. The highest BCUT2D eigenvalue weighted by Crippen LogP contribution is 1.97. The monoisotopic (exact) mass is 148 g/mol. The zero-order valence-corrected chi connectivity index (χ0v) is 7.59. The highest BCUT2D eigenvalue weighted by atomic mass is 31.0. The van der Waals surface area contributed by atoms with E-state index in [0.29, 0.717) is 12.1 Å². The lowest BCUT2D eigenvalue weighted by Crippen LogP contribution is -2.40. The lowest BCUT2D eigenvalue weighted by atomic mass is 10.1. The van der Waals surface area contributed by atoms with Gasteiger partial charge in [0.1, 0.15) is 0 Å². The van der Waals surface area contributed by atoms with Gasteiger partial charge in [-0.25, -0.2) is 0 Å². The maximum Gasteiger partial charge on any atom is 0.0224 e. The number of nitrogens with one attached hydrogen (secondary N) is 2. The summed E-state index contributed by atoms with van der Waals surface area (Å²) in [5, 5.41) is 6.35. The minimum atomic E-state index is 0.532. The van der Waals surface area contributed by atoms with E-state index in [1.165, 1.54) is 6.42 Å². The predicted molar refractivity (Wildman–Crippen MR) is 45.4 cm³/mol. The van der Waals surface area contributed by atoms with Crippen LogP contribution < -0.4 is 10.4 Å². The molecule has 2 nitrogen and oxygen atoms in total. The van der Waals surface area contributed by atoms with Gasteiger partial charge in [-0.3, -0.25) is 5.09 Å². The van der Waals surface area contributed by atoms with E-state index in [1.807, 2.05) is 7.05 Å². The topological polar surface area (TPSA) is 24.1 Å². The molecule has 0 aromatic heterocycles. The van der Waals surface area contributed by atoms with Gasteiger partial charge in [-0.1, -0.05) is 16.3 Å². The van der Waals surface area contributed by atoms with Crippen LogP contribution in [-0.4, -0.2) is 19.1 Å². The summed E-state index contributed by atoms with van der Waals surface area (Å²) in [6, 6.07) is 1.12. The van der Waals surface area contributed by atoms with Gasteiger partial charge in [0.05, 0.1) is 0 Å². The molecule has 0 saturated heterocycles. The molecular weight excluding hydrogens is 131 g/mol. The fraction of sp³-hybridized carbons (Fsp3) is 1.00. The van der Waals surface area contributed by atoms with Crippen molar-refractivity contribution in [2.45, 2.75) is 32.4 Å². The quantitative estimate of drug-likeness (QED) is 0.575. The largest absolute Gasteiger partial charge is 0.315 e. The molecule has 0 saturated carbocycles. The zero-order chi connectivity index (χ0) is 7.28. The van der Waals surface area contributed by atoms with Gasteiger partial charge in [0.2, 0.25) is 0 Å². The highest BCUT2D eigenvalue weighted by Gasteiger charge is 2.09. The lowest BCUT2D eigenvalue weighted by molar-refractivity contribution is 0.452. The summed E-state index contributed by atoms with van der Waals surface area (Å²) >= 11 is 0. The number of likely N-dealkylation sites (N-methyl/N-ethyl adjacent to an activating group) is 1. The van der Waals surface area contributed by atoms with Gasteiger partial charge in [0, 0.05) is 12.1 Å². The molecule has 2 N–H and O–H groups in total. The van der Waals surface area contributed by atoms with Gasteiger partial charge in [-0.2, -0.15) is 0 Å². The average molecular weight is 148 g/mol. The molecule has 0 aromatic carbocycles. The Morgan fingerprint density at radius 3 is 2.22 bits per heavy atom. The molecule has 0 aliphatic heterocycles. The van der Waals surface area contributed by atoms with Crippen molar-refractivity contribution in [1.82, 2.24) is 10.4 Å². The molecule has 0 fully saturated rings. The van der Waals surface area contributed by atoms with Crippen molar-refractivity contribution < 1.29 is 0 Å². The third-order valence-corrected chi connectivity index (χ3v) is 2.20. The van der Waals surface area contributed by atoms with Crippen LogP contribution >= 0.6 is 9.39 Å². The van der Waals surface area contributed by atoms with E-state index in [1.54, 1.807) is 0 Å². The van der Waals surface area contributed by atoms with E-state index in [4.69, 9.17) is 0 Å². The van der Waals surface area contributed by atoms with Gasteiger partial charge in [-0.05, 0) is 20.4 Å². The smallest absolute Gasteiger partial charge is 0.0224 e. The molecule has 0 aliphatic rings. The summed E-state index contributed by atoms with van der Waals surface area (Å²) < 4.78 is 0. The summed E-state index contributed by atoms with van der Waals surface area (Å²) in [5.41, 5.74) is 0. The van der Waals surface area contributed by atoms with Crippen LogP contribution in [0.15, 0.2) is 0 Å². The van der Waals surface area contributed by atoms with E-state index < -0.39 is 0 Å². The van der Waals surface area contributed by atoms with Crippen LogP contribution in [0.1, 0.15) is 20.3 Å². The highest BCUT2D eigenvalue weighted by molar-refractivity contribution is 7.13. The molecule has 0 radical (unpaired) electrons. The summed E-state index contributed by atoms with van der Waals surface area (Å²) in [5.74, 6) is 0. The molecule has 0 amide bonds. The SMILES string of the molecule is CCC(NC)C(C)NP. The standard InChI is InChI=1S/C6H17N2P/c1-4-6(7-3)5(2)8-9/h5-8H,4,9H2,1-3H3. The van der Waals surface area contributed by atoms with Crippen LogP contribution in [-0.2, 0) is 0 Å². The maximum atomic E-state index is 3.23. The second-order valence-corrected chi connectivity index (χ2v) is 2.59. The van der Waals surface area contributed by atoms with Gasteiger partial charge in [0.25, 0.3) is 0 Å². The molecular formula is C6H17N2P. The van der Waals surface area contributed by atoms with Gasteiger partial charge in [-0.15, -0.1) is 0 Å². The van der Waals surface area contributed by atoms with E-state index in [0.717, 1.165) is 0 Å². The van der Waals surface area contributed by atoms with E-state index in [2.05, 4.69) is 33.6 Å². The average Bonchev–Trinajstić information content (AvgIpc) is 1.90. The molecule has 3 unspecified atom stereocenters. The van der Waals surface area contributed by atoms with E-state index in [-0.39, 0.29) is 0 Å². The van der Waals surface area contributed by atoms with Crippen molar-refractivity contribution in [3.63, 3.8) is 0 Å². The summed E-state index contributed by atoms with van der Waals surface area (Å²) in [6.45, 7) is 4.34. The number of rotatable bonds is 4. The molecule has 0 aromatic rings. The Morgan fingerprint density at radius 1 is 1.56 bits per heavy atom. The lowest BCUT2D eigenvalue weighted by Gasteiger charge is -2.20. The first kappa shape index (κ1) is 9.35. The Bertz CT molecular complexity index is 64.1. The Balaban J connectivity index is 3.50. The fourth-order valence-corrected chi connectivity index (χ4v) is 1.16. The summed E-state index contributed by atoms with van der Waals surface area (Å²) in [7, 11) is 4.52. The summed E-state index contributed by atoms with van der Waals surface area (Å²) in [6.07, 6.45) is 1.17. The van der Waals surface area contributed by atoms with Crippen molar-refractivity contribution in [3.05, 3.63) is 0 Å². The second-order valence-electron chi connectivity index (χ2n) is 2.26.